The number of hydrogen-bond acceptors (Lipinski definition) is 4. The van der Waals surface area contributed by atoms with Gasteiger partial charge in [0.05, 0.1) is 12.2 Å². The van der Waals surface area contributed by atoms with E-state index in [4.69, 9.17) is 16.1 Å². The second kappa shape index (κ2) is 3.98. The highest BCUT2D eigenvalue weighted by Crippen LogP contribution is 2.23. The number of alkyl halides is 2. The van der Waals surface area contributed by atoms with Gasteiger partial charge in [-0.1, -0.05) is 0 Å². The summed E-state index contributed by atoms with van der Waals surface area (Å²) in [5.74, 6) is -0.179. The molecule has 3 N–H and O–H groups in total. The van der Waals surface area contributed by atoms with E-state index in [-0.39, 0.29) is 16.9 Å². The third kappa shape index (κ3) is 1.78. The maximum atomic E-state index is 12.3. The molecule has 74 valence electrons. The zero-order chi connectivity index (χ0) is 10.7. The molecule has 0 atom stereocenters. The Morgan fingerprint density at radius 1 is 1.64 bits per heavy atom. The highest BCUT2D eigenvalue weighted by atomic mass is 19.3. The van der Waals surface area contributed by atoms with Crippen LogP contribution < -0.4 is 5.73 Å². The Hall–Kier alpha value is -1.74. The van der Waals surface area contributed by atoms with Gasteiger partial charge in [0.1, 0.15) is 17.6 Å². The number of nitrogens with two attached hydrogens (primary N) is 1. The summed E-state index contributed by atoms with van der Waals surface area (Å²) in [6, 6.07) is 2.68. The summed E-state index contributed by atoms with van der Waals surface area (Å²) in [7, 11) is 0. The number of aliphatic hydroxyl groups is 1. The zero-order valence-corrected chi connectivity index (χ0v) is 7.04. The van der Waals surface area contributed by atoms with Crippen LogP contribution in [0.3, 0.4) is 0 Å². The fourth-order valence-electron chi connectivity index (χ4n) is 0.966. The summed E-state index contributed by atoms with van der Waals surface area (Å²) in [5, 5.41) is 17.3. The molecule has 1 heterocycles. The number of nitrogens with zero attached hydrogens (tertiary/aromatic N) is 2. The first-order chi connectivity index (χ1) is 6.60. The molecule has 0 bridgehead atoms. The lowest BCUT2D eigenvalue weighted by atomic mass is 10.1. The normalized spacial score (nSPS) is 10.2. The molecule has 1 rings (SSSR count). The van der Waals surface area contributed by atoms with Gasteiger partial charge in [0.2, 0.25) is 0 Å². The van der Waals surface area contributed by atoms with Crippen molar-refractivity contribution in [1.29, 1.82) is 5.26 Å². The monoisotopic (exact) mass is 199 g/mol. The molecule has 0 aliphatic heterocycles. The van der Waals surface area contributed by atoms with E-state index in [1.54, 1.807) is 6.07 Å². The van der Waals surface area contributed by atoms with Gasteiger partial charge < -0.3 is 10.8 Å². The number of nitriles is 1. The molecule has 0 spiro atoms. The lowest BCUT2D eigenvalue weighted by molar-refractivity contribution is 0.145. The van der Waals surface area contributed by atoms with Crippen molar-refractivity contribution in [2.24, 2.45) is 0 Å². The Morgan fingerprint density at radius 3 is 2.71 bits per heavy atom. The number of aromatic nitrogens is 1. The van der Waals surface area contributed by atoms with Crippen LogP contribution in [0.15, 0.2) is 6.07 Å². The van der Waals surface area contributed by atoms with Crippen molar-refractivity contribution in [2.75, 3.05) is 5.73 Å². The molecule has 0 unspecified atom stereocenters. The van der Waals surface area contributed by atoms with Gasteiger partial charge in [-0.15, -0.1) is 0 Å². The van der Waals surface area contributed by atoms with E-state index < -0.39 is 18.7 Å². The van der Waals surface area contributed by atoms with Crippen molar-refractivity contribution in [1.82, 2.24) is 4.98 Å². The summed E-state index contributed by atoms with van der Waals surface area (Å²) < 4.78 is 24.6. The Labute approximate surface area is 78.6 Å². The van der Waals surface area contributed by atoms with Gasteiger partial charge in [-0.3, -0.25) is 0 Å². The van der Waals surface area contributed by atoms with Crippen molar-refractivity contribution in [3.63, 3.8) is 0 Å². The van der Waals surface area contributed by atoms with Crippen LogP contribution in [0.4, 0.5) is 14.6 Å². The van der Waals surface area contributed by atoms with Crippen LogP contribution in [0.5, 0.6) is 0 Å². The first-order valence-electron chi connectivity index (χ1n) is 3.68. The number of nitrogen functional groups attached to an aromatic ring is 1. The quantitative estimate of drug-likeness (QED) is 0.743. The molecule has 0 saturated heterocycles. The van der Waals surface area contributed by atoms with Crippen molar-refractivity contribution in [2.45, 2.75) is 13.0 Å². The number of aliphatic hydroxyl groups excluding tert-OH is 1. The van der Waals surface area contributed by atoms with Crippen molar-refractivity contribution >= 4 is 5.82 Å². The van der Waals surface area contributed by atoms with E-state index in [9.17, 15) is 8.78 Å². The van der Waals surface area contributed by atoms with Crippen LogP contribution in [-0.2, 0) is 6.61 Å². The number of pyridine rings is 1. The number of anilines is 1. The second-order valence-corrected chi connectivity index (χ2v) is 2.54. The van der Waals surface area contributed by atoms with E-state index in [1.165, 1.54) is 0 Å². The predicted molar refractivity (Wildman–Crippen MR) is 44.2 cm³/mol. The Morgan fingerprint density at radius 2 is 2.29 bits per heavy atom. The van der Waals surface area contributed by atoms with Crippen LogP contribution in [0.2, 0.25) is 0 Å². The average Bonchev–Trinajstić information content (AvgIpc) is 2.17. The van der Waals surface area contributed by atoms with Crippen LogP contribution in [0, 0.1) is 11.3 Å². The molecule has 0 aliphatic carbocycles. The second-order valence-electron chi connectivity index (χ2n) is 2.54. The standard InChI is InChI=1S/C8H7F2N3O/c9-7(10)6-4(2-11)1-5(3-14)8(12)13-6/h1,7,14H,3H2,(H2,12,13). The molecule has 0 amide bonds. The highest BCUT2D eigenvalue weighted by Gasteiger charge is 2.17. The molecule has 1 aromatic heterocycles. The highest BCUT2D eigenvalue weighted by molar-refractivity contribution is 5.47. The minimum absolute atomic E-state index is 0.172. The number of hydrogen-bond donors (Lipinski definition) is 2. The van der Waals surface area contributed by atoms with Crippen LogP contribution >= 0.6 is 0 Å². The minimum Gasteiger partial charge on any atom is -0.392 e. The van der Waals surface area contributed by atoms with Gasteiger partial charge in [-0.05, 0) is 6.07 Å². The van der Waals surface area contributed by atoms with Gasteiger partial charge in [0.25, 0.3) is 6.43 Å². The summed E-state index contributed by atoms with van der Waals surface area (Å²) in [6.45, 7) is -0.434. The van der Waals surface area contributed by atoms with E-state index in [0.29, 0.717) is 0 Å². The predicted octanol–water partition coefficient (Wildman–Crippen LogP) is 0.965. The molecule has 0 aromatic carbocycles. The fourth-order valence-corrected chi connectivity index (χ4v) is 0.966. The molecular weight excluding hydrogens is 192 g/mol. The Kier molecular flexibility index (Phi) is 2.94. The first kappa shape index (κ1) is 10.3. The number of halogens is 2. The van der Waals surface area contributed by atoms with Gasteiger partial charge in [-0.25, -0.2) is 13.8 Å². The summed E-state index contributed by atoms with van der Waals surface area (Å²) >= 11 is 0. The molecule has 0 radical (unpaired) electrons. The van der Waals surface area contributed by atoms with Crippen molar-refractivity contribution in [3.05, 3.63) is 22.9 Å². The SMILES string of the molecule is N#Cc1cc(CO)c(N)nc1C(F)F. The van der Waals surface area contributed by atoms with E-state index in [1.807, 2.05) is 0 Å². The fraction of sp³-hybridized carbons (Fsp3) is 0.250. The molecule has 0 fully saturated rings. The third-order valence-electron chi connectivity index (χ3n) is 1.66. The molecule has 0 saturated carbocycles. The van der Waals surface area contributed by atoms with Gasteiger partial charge in [0, 0.05) is 5.56 Å². The Bertz CT molecular complexity index is 387. The van der Waals surface area contributed by atoms with E-state index in [0.717, 1.165) is 6.07 Å². The summed E-state index contributed by atoms with van der Waals surface area (Å²) in [4.78, 5) is 3.36. The summed E-state index contributed by atoms with van der Waals surface area (Å²) in [5.41, 5.74) is 4.54. The number of rotatable bonds is 2. The van der Waals surface area contributed by atoms with Gasteiger partial charge in [-0.2, -0.15) is 5.26 Å². The van der Waals surface area contributed by atoms with E-state index >= 15 is 0 Å². The van der Waals surface area contributed by atoms with E-state index in [2.05, 4.69) is 4.98 Å². The maximum Gasteiger partial charge on any atom is 0.281 e. The van der Waals surface area contributed by atoms with Gasteiger partial charge in [0.15, 0.2) is 0 Å². The lowest BCUT2D eigenvalue weighted by Crippen LogP contribution is -2.04. The minimum atomic E-state index is -2.85. The molecule has 14 heavy (non-hydrogen) atoms. The van der Waals surface area contributed by atoms with Crippen molar-refractivity contribution in [3.8, 4) is 6.07 Å². The molecular formula is C8H7F2N3O. The van der Waals surface area contributed by atoms with Crippen LogP contribution in [0.25, 0.3) is 0 Å². The lowest BCUT2D eigenvalue weighted by Gasteiger charge is -2.06. The molecule has 4 nitrogen and oxygen atoms in total. The maximum absolute atomic E-state index is 12.3. The topological polar surface area (TPSA) is 82.9 Å². The molecule has 6 heteroatoms. The van der Waals surface area contributed by atoms with Crippen LogP contribution in [-0.4, -0.2) is 10.1 Å². The average molecular weight is 199 g/mol. The van der Waals surface area contributed by atoms with Crippen LogP contribution in [0.1, 0.15) is 23.2 Å². The summed E-state index contributed by atoms with van der Waals surface area (Å²) in [6.07, 6.45) is -2.85. The molecule has 1 aromatic rings. The Balaban J connectivity index is 3.33. The first-order valence-corrected chi connectivity index (χ1v) is 3.68. The third-order valence-corrected chi connectivity index (χ3v) is 1.66. The van der Waals surface area contributed by atoms with Gasteiger partial charge >= 0.3 is 0 Å². The van der Waals surface area contributed by atoms with Crippen molar-refractivity contribution < 1.29 is 13.9 Å². The largest absolute Gasteiger partial charge is 0.392 e. The smallest absolute Gasteiger partial charge is 0.281 e. The zero-order valence-electron chi connectivity index (χ0n) is 7.04. The molecule has 0 aliphatic rings.